The molecule has 8 nitrogen and oxygen atoms in total. The molecule has 0 radical (unpaired) electrons. The van der Waals surface area contributed by atoms with Gasteiger partial charge in [-0.05, 0) is 13.8 Å². The number of aromatic nitrogens is 2. The normalized spacial score (nSPS) is 16.6. The van der Waals surface area contributed by atoms with Crippen LogP contribution in [-0.4, -0.2) is 43.8 Å². The van der Waals surface area contributed by atoms with Gasteiger partial charge in [-0.2, -0.15) is 4.98 Å². The third-order valence-electron chi connectivity index (χ3n) is 3.03. The average molecular weight is 294 g/mol. The van der Waals surface area contributed by atoms with Gasteiger partial charge in [0.05, 0.1) is 0 Å². The van der Waals surface area contributed by atoms with Crippen LogP contribution in [0, 0.1) is 0 Å². The highest BCUT2D eigenvalue weighted by Gasteiger charge is 2.46. The van der Waals surface area contributed by atoms with E-state index in [4.69, 9.17) is 4.52 Å². The van der Waals surface area contributed by atoms with Crippen LogP contribution in [0.2, 0.25) is 0 Å². The van der Waals surface area contributed by atoms with Crippen molar-refractivity contribution >= 4 is 17.8 Å². The molecule has 1 aromatic heterocycles. The molecule has 0 bridgehead atoms. The number of nitrogens with zero attached hydrogens (tertiary/aromatic N) is 4. The van der Waals surface area contributed by atoms with Gasteiger partial charge in [0.1, 0.15) is 6.54 Å². The summed E-state index contributed by atoms with van der Waals surface area (Å²) < 4.78 is 5.04. The molecule has 0 saturated carbocycles. The van der Waals surface area contributed by atoms with E-state index in [1.807, 2.05) is 20.8 Å². The van der Waals surface area contributed by atoms with Gasteiger partial charge in [0.2, 0.25) is 5.89 Å². The zero-order valence-corrected chi connectivity index (χ0v) is 12.7. The molecule has 0 aliphatic carbocycles. The molecule has 1 fully saturated rings. The zero-order valence-electron chi connectivity index (χ0n) is 12.7. The highest BCUT2D eigenvalue weighted by atomic mass is 16.5. The summed E-state index contributed by atoms with van der Waals surface area (Å²) in [6, 6.07) is -1.04. The maximum Gasteiger partial charge on any atom is 0.334 e. The predicted octanol–water partition coefficient (Wildman–Crippen LogP) is 1.07. The molecule has 0 aromatic carbocycles. The lowest BCUT2D eigenvalue weighted by Gasteiger charge is -2.17. The predicted molar refractivity (Wildman–Crippen MR) is 70.9 cm³/mol. The Kier molecular flexibility index (Phi) is 3.56. The van der Waals surface area contributed by atoms with Crippen LogP contribution in [0.1, 0.15) is 46.3 Å². The van der Waals surface area contributed by atoms with Crippen molar-refractivity contribution < 1.29 is 18.9 Å². The van der Waals surface area contributed by atoms with E-state index in [-0.39, 0.29) is 23.9 Å². The summed E-state index contributed by atoms with van der Waals surface area (Å²) in [7, 11) is 0. The summed E-state index contributed by atoms with van der Waals surface area (Å²) >= 11 is 0. The second kappa shape index (κ2) is 4.94. The maximum atomic E-state index is 12.1. The average Bonchev–Trinajstić information content (AvgIpc) is 2.89. The van der Waals surface area contributed by atoms with Crippen LogP contribution in [0.5, 0.6) is 0 Å². The zero-order chi connectivity index (χ0) is 15.9. The third-order valence-corrected chi connectivity index (χ3v) is 3.03. The van der Waals surface area contributed by atoms with Crippen LogP contribution >= 0.6 is 0 Å². The summed E-state index contributed by atoms with van der Waals surface area (Å²) in [4.78, 5) is 41.6. The van der Waals surface area contributed by atoms with Crippen molar-refractivity contribution in [3.05, 3.63) is 11.7 Å². The van der Waals surface area contributed by atoms with Gasteiger partial charge >= 0.3 is 17.8 Å². The summed E-state index contributed by atoms with van der Waals surface area (Å²) in [6.45, 7) is 8.87. The molecule has 0 N–H and O–H groups in total. The lowest BCUT2D eigenvalue weighted by atomic mass is 9.96. The van der Waals surface area contributed by atoms with Crippen LogP contribution in [-0.2, 0) is 21.5 Å². The highest BCUT2D eigenvalue weighted by molar-refractivity contribution is 6.44. The van der Waals surface area contributed by atoms with Crippen molar-refractivity contribution in [2.45, 2.75) is 52.6 Å². The van der Waals surface area contributed by atoms with Gasteiger partial charge in [0.15, 0.2) is 5.82 Å². The molecule has 1 aliphatic rings. The third kappa shape index (κ3) is 2.65. The maximum absolute atomic E-state index is 12.1. The van der Waals surface area contributed by atoms with E-state index in [9.17, 15) is 14.4 Å². The number of amides is 4. The number of urea groups is 1. The quantitative estimate of drug-likeness (QED) is 0.611. The van der Waals surface area contributed by atoms with E-state index in [0.29, 0.717) is 5.82 Å². The smallest absolute Gasteiger partial charge is 0.334 e. The largest absolute Gasteiger partial charge is 0.337 e. The van der Waals surface area contributed by atoms with Crippen LogP contribution in [0.4, 0.5) is 4.79 Å². The molecule has 2 heterocycles. The standard InChI is InChI=1S/C13H18N4O4/c1-7(2)17-10(19)9(18)16(12(17)20)6-8-14-11(15-21-8)13(3,4)5/h7H,6H2,1-5H3. The fraction of sp³-hybridized carbons (Fsp3) is 0.615. The Morgan fingerprint density at radius 1 is 1.14 bits per heavy atom. The van der Waals surface area contributed by atoms with E-state index in [2.05, 4.69) is 10.1 Å². The number of hydrogen-bond donors (Lipinski definition) is 0. The Labute approximate surface area is 122 Å². The van der Waals surface area contributed by atoms with Crippen LogP contribution < -0.4 is 0 Å². The molecular formula is C13H18N4O4. The Morgan fingerprint density at radius 3 is 2.19 bits per heavy atom. The molecule has 0 spiro atoms. The first-order valence-electron chi connectivity index (χ1n) is 6.65. The minimum atomic E-state index is -0.871. The first-order valence-corrected chi connectivity index (χ1v) is 6.65. The summed E-state index contributed by atoms with van der Waals surface area (Å²) in [5.74, 6) is -1.10. The lowest BCUT2D eigenvalue weighted by molar-refractivity contribution is -0.144. The van der Waals surface area contributed by atoms with Gasteiger partial charge < -0.3 is 4.52 Å². The topological polar surface area (TPSA) is 96.6 Å². The summed E-state index contributed by atoms with van der Waals surface area (Å²) in [5, 5.41) is 3.82. The molecular weight excluding hydrogens is 276 g/mol. The van der Waals surface area contributed by atoms with Crippen molar-refractivity contribution in [3.8, 4) is 0 Å². The molecule has 114 valence electrons. The number of hydrogen-bond acceptors (Lipinski definition) is 6. The van der Waals surface area contributed by atoms with Crippen molar-refractivity contribution in [2.24, 2.45) is 0 Å². The Balaban J connectivity index is 2.20. The molecule has 0 unspecified atom stereocenters. The summed E-state index contributed by atoms with van der Waals surface area (Å²) in [6.07, 6.45) is 0. The molecule has 1 aliphatic heterocycles. The lowest BCUT2D eigenvalue weighted by Crippen LogP contribution is -2.37. The molecule has 1 saturated heterocycles. The number of carbonyl (C=O) groups is 3. The van der Waals surface area contributed by atoms with Gasteiger partial charge in [0.25, 0.3) is 0 Å². The summed E-state index contributed by atoms with van der Waals surface area (Å²) in [5.41, 5.74) is -0.305. The molecule has 21 heavy (non-hydrogen) atoms. The fourth-order valence-electron chi connectivity index (χ4n) is 1.88. The second-order valence-electron chi connectivity index (χ2n) is 6.20. The van der Waals surface area contributed by atoms with Gasteiger partial charge in [-0.3, -0.25) is 14.5 Å². The number of carbonyl (C=O) groups excluding carboxylic acids is 3. The van der Waals surface area contributed by atoms with Crippen molar-refractivity contribution in [1.82, 2.24) is 19.9 Å². The van der Waals surface area contributed by atoms with Crippen LogP contribution in [0.15, 0.2) is 4.52 Å². The van der Waals surface area contributed by atoms with E-state index < -0.39 is 17.8 Å². The van der Waals surface area contributed by atoms with Crippen LogP contribution in [0.3, 0.4) is 0 Å². The molecule has 8 heteroatoms. The Bertz CT molecular complexity index is 600. The SMILES string of the molecule is CC(C)N1C(=O)C(=O)N(Cc2nc(C(C)(C)C)no2)C1=O. The second-order valence-corrected chi connectivity index (χ2v) is 6.20. The minimum Gasteiger partial charge on any atom is -0.337 e. The molecule has 4 amide bonds. The van der Waals surface area contributed by atoms with Gasteiger partial charge in [0, 0.05) is 11.5 Å². The van der Waals surface area contributed by atoms with Gasteiger partial charge in [-0.15, -0.1) is 0 Å². The Hall–Kier alpha value is -2.25. The number of imide groups is 2. The van der Waals surface area contributed by atoms with Crippen LogP contribution in [0.25, 0.3) is 0 Å². The molecule has 1 aromatic rings. The van der Waals surface area contributed by atoms with E-state index in [1.165, 1.54) is 0 Å². The van der Waals surface area contributed by atoms with Crippen molar-refractivity contribution in [1.29, 1.82) is 0 Å². The van der Waals surface area contributed by atoms with Gasteiger partial charge in [-0.1, -0.05) is 25.9 Å². The van der Waals surface area contributed by atoms with E-state index in [1.54, 1.807) is 13.8 Å². The Morgan fingerprint density at radius 2 is 1.76 bits per heavy atom. The molecule has 0 atom stereocenters. The van der Waals surface area contributed by atoms with Crippen molar-refractivity contribution in [2.75, 3.05) is 0 Å². The van der Waals surface area contributed by atoms with E-state index in [0.717, 1.165) is 9.80 Å². The minimum absolute atomic E-state index is 0.125. The molecule has 2 rings (SSSR count). The first-order chi connectivity index (χ1) is 9.62. The number of rotatable bonds is 3. The first kappa shape index (κ1) is 15.1. The van der Waals surface area contributed by atoms with Crippen molar-refractivity contribution in [3.63, 3.8) is 0 Å². The highest BCUT2D eigenvalue weighted by Crippen LogP contribution is 2.21. The van der Waals surface area contributed by atoms with Gasteiger partial charge in [-0.25, -0.2) is 9.69 Å². The monoisotopic (exact) mass is 294 g/mol. The van der Waals surface area contributed by atoms with E-state index >= 15 is 0 Å². The fourth-order valence-corrected chi connectivity index (χ4v) is 1.88.